The van der Waals surface area contributed by atoms with Crippen LogP contribution in [0.4, 0.5) is 5.82 Å². The first kappa shape index (κ1) is 13.1. The molecule has 0 aliphatic rings. The van der Waals surface area contributed by atoms with Crippen LogP contribution >= 0.6 is 0 Å². The highest BCUT2D eigenvalue weighted by molar-refractivity contribution is 5.57. The second kappa shape index (κ2) is 5.53. The molecule has 3 nitrogen and oxygen atoms in total. The van der Waals surface area contributed by atoms with E-state index in [1.807, 2.05) is 38.1 Å². The van der Waals surface area contributed by atoms with E-state index in [0.717, 1.165) is 11.3 Å². The molecule has 3 heteroatoms. The van der Waals surface area contributed by atoms with E-state index < -0.39 is 0 Å². The number of aromatic nitrogens is 1. The van der Waals surface area contributed by atoms with Gasteiger partial charge in [0.15, 0.2) is 0 Å². The smallest absolute Gasteiger partial charge is 0.144 e. The predicted molar refractivity (Wildman–Crippen MR) is 76.9 cm³/mol. The average molecular weight is 251 g/mol. The maximum atomic E-state index is 9.24. The van der Waals surface area contributed by atoms with E-state index in [1.54, 1.807) is 0 Å². The van der Waals surface area contributed by atoms with Crippen LogP contribution < -0.4 is 5.32 Å². The van der Waals surface area contributed by atoms with Crippen LogP contribution in [-0.4, -0.2) is 4.98 Å². The number of anilines is 1. The third-order valence-corrected chi connectivity index (χ3v) is 3.11. The minimum absolute atomic E-state index is 0.113. The minimum atomic E-state index is 0.113. The topological polar surface area (TPSA) is 48.7 Å². The maximum Gasteiger partial charge on any atom is 0.144 e. The second-order valence-electron chi connectivity index (χ2n) is 4.69. The van der Waals surface area contributed by atoms with Crippen LogP contribution in [0.25, 0.3) is 0 Å². The van der Waals surface area contributed by atoms with Crippen molar-refractivity contribution in [3.8, 4) is 6.07 Å². The highest BCUT2D eigenvalue weighted by Crippen LogP contribution is 2.23. The summed E-state index contributed by atoms with van der Waals surface area (Å²) in [6.07, 6.45) is 0. The molecular formula is C16H17N3. The van der Waals surface area contributed by atoms with Gasteiger partial charge >= 0.3 is 0 Å². The third kappa shape index (κ3) is 2.92. The number of nitrogens with one attached hydrogen (secondary N) is 1. The van der Waals surface area contributed by atoms with E-state index in [9.17, 15) is 5.26 Å². The van der Waals surface area contributed by atoms with E-state index in [0.29, 0.717) is 11.4 Å². The first-order chi connectivity index (χ1) is 9.11. The Morgan fingerprint density at radius 1 is 1.21 bits per heavy atom. The highest BCUT2D eigenvalue weighted by atomic mass is 15.0. The van der Waals surface area contributed by atoms with Crippen LogP contribution in [0.15, 0.2) is 36.4 Å². The van der Waals surface area contributed by atoms with Crippen LogP contribution in [0.3, 0.4) is 0 Å². The summed E-state index contributed by atoms with van der Waals surface area (Å²) >= 11 is 0. The lowest BCUT2D eigenvalue weighted by molar-refractivity contribution is 0.870. The number of hydrogen-bond acceptors (Lipinski definition) is 3. The van der Waals surface area contributed by atoms with Crippen molar-refractivity contribution < 1.29 is 0 Å². The van der Waals surface area contributed by atoms with Gasteiger partial charge in [0.2, 0.25) is 0 Å². The molecule has 0 spiro atoms. The number of aryl methyl sites for hydroxylation is 2. The van der Waals surface area contributed by atoms with Gasteiger partial charge in [-0.25, -0.2) is 4.98 Å². The summed E-state index contributed by atoms with van der Waals surface area (Å²) in [5.41, 5.74) is 3.66. The lowest BCUT2D eigenvalue weighted by Gasteiger charge is -2.17. The number of nitrogens with zero attached hydrogens (tertiary/aromatic N) is 2. The van der Waals surface area contributed by atoms with Crippen molar-refractivity contribution in [3.63, 3.8) is 0 Å². The molecule has 19 heavy (non-hydrogen) atoms. The molecule has 0 saturated carbocycles. The van der Waals surface area contributed by atoms with Gasteiger partial charge in [-0.3, -0.25) is 0 Å². The zero-order chi connectivity index (χ0) is 13.8. The number of pyridine rings is 1. The number of nitriles is 1. The fraction of sp³-hybridized carbons (Fsp3) is 0.250. The molecule has 96 valence electrons. The normalized spacial score (nSPS) is 11.7. The highest BCUT2D eigenvalue weighted by Gasteiger charge is 2.12. The summed E-state index contributed by atoms with van der Waals surface area (Å²) in [6.45, 7) is 5.94. The fourth-order valence-corrected chi connectivity index (χ4v) is 2.11. The van der Waals surface area contributed by atoms with Crippen molar-refractivity contribution in [2.75, 3.05) is 5.32 Å². The second-order valence-corrected chi connectivity index (χ2v) is 4.69. The summed E-state index contributed by atoms with van der Waals surface area (Å²) < 4.78 is 0. The lowest BCUT2D eigenvalue weighted by Crippen LogP contribution is -2.10. The number of rotatable bonds is 3. The summed E-state index contributed by atoms with van der Waals surface area (Å²) in [6, 6.07) is 14.4. The molecule has 0 saturated heterocycles. The van der Waals surface area contributed by atoms with E-state index >= 15 is 0 Å². The van der Waals surface area contributed by atoms with Crippen LogP contribution in [0.5, 0.6) is 0 Å². The van der Waals surface area contributed by atoms with Crippen molar-refractivity contribution in [2.45, 2.75) is 26.8 Å². The van der Waals surface area contributed by atoms with Gasteiger partial charge in [-0.05, 0) is 38.0 Å². The van der Waals surface area contributed by atoms with Crippen LogP contribution in [-0.2, 0) is 0 Å². The molecule has 1 aromatic heterocycles. The SMILES string of the molecule is Cc1cc(C)c(C#N)c(NC(C)c2ccccc2)n1. The molecule has 0 radical (unpaired) electrons. The van der Waals surface area contributed by atoms with Crippen molar-refractivity contribution in [3.05, 3.63) is 58.8 Å². The molecule has 1 unspecified atom stereocenters. The molecule has 1 N–H and O–H groups in total. The van der Waals surface area contributed by atoms with E-state index in [-0.39, 0.29) is 6.04 Å². The predicted octanol–water partition coefficient (Wildman–Crippen LogP) is 3.74. The molecule has 1 aromatic carbocycles. The van der Waals surface area contributed by atoms with Gasteiger partial charge < -0.3 is 5.32 Å². The molecule has 1 atom stereocenters. The Hall–Kier alpha value is -2.34. The van der Waals surface area contributed by atoms with Crippen molar-refractivity contribution in [2.24, 2.45) is 0 Å². The first-order valence-electron chi connectivity index (χ1n) is 6.31. The standard InChI is InChI=1S/C16H17N3/c1-11-9-12(2)18-16(15(11)10-17)19-13(3)14-7-5-4-6-8-14/h4-9,13H,1-3H3,(H,18,19). The zero-order valence-electron chi connectivity index (χ0n) is 11.4. The van der Waals surface area contributed by atoms with Gasteiger partial charge in [0.05, 0.1) is 5.56 Å². The molecule has 0 aliphatic carbocycles. The van der Waals surface area contributed by atoms with Gasteiger partial charge in [0.25, 0.3) is 0 Å². The quantitative estimate of drug-likeness (QED) is 0.904. The Labute approximate surface area is 113 Å². The Morgan fingerprint density at radius 2 is 1.89 bits per heavy atom. The van der Waals surface area contributed by atoms with Gasteiger partial charge in [0, 0.05) is 11.7 Å². The average Bonchev–Trinajstić information content (AvgIpc) is 2.39. The first-order valence-corrected chi connectivity index (χ1v) is 6.31. The third-order valence-electron chi connectivity index (χ3n) is 3.11. The van der Waals surface area contributed by atoms with Crippen LogP contribution in [0.2, 0.25) is 0 Å². The van der Waals surface area contributed by atoms with Crippen molar-refractivity contribution >= 4 is 5.82 Å². The summed E-state index contributed by atoms with van der Waals surface area (Å²) in [4.78, 5) is 4.44. The molecular weight excluding hydrogens is 234 g/mol. The molecule has 0 fully saturated rings. The fourth-order valence-electron chi connectivity index (χ4n) is 2.11. The van der Waals surface area contributed by atoms with Crippen LogP contribution in [0, 0.1) is 25.2 Å². The van der Waals surface area contributed by atoms with E-state index in [1.165, 1.54) is 5.56 Å². The van der Waals surface area contributed by atoms with E-state index in [4.69, 9.17) is 0 Å². The van der Waals surface area contributed by atoms with Gasteiger partial charge in [-0.1, -0.05) is 30.3 Å². The van der Waals surface area contributed by atoms with Gasteiger partial charge in [-0.2, -0.15) is 5.26 Å². The summed E-state index contributed by atoms with van der Waals surface area (Å²) in [7, 11) is 0. The molecule has 0 aliphatic heterocycles. The Kier molecular flexibility index (Phi) is 3.82. The minimum Gasteiger partial charge on any atom is -0.362 e. The van der Waals surface area contributed by atoms with Crippen LogP contribution in [0.1, 0.15) is 35.3 Å². The Balaban J connectivity index is 2.32. The summed E-state index contributed by atoms with van der Waals surface area (Å²) in [5, 5.41) is 12.6. The Bertz CT molecular complexity index is 612. The molecule has 1 heterocycles. The molecule has 0 amide bonds. The monoisotopic (exact) mass is 251 g/mol. The largest absolute Gasteiger partial charge is 0.362 e. The van der Waals surface area contributed by atoms with Gasteiger partial charge in [-0.15, -0.1) is 0 Å². The maximum absolute atomic E-state index is 9.24. The lowest BCUT2D eigenvalue weighted by atomic mass is 10.1. The molecule has 0 bridgehead atoms. The zero-order valence-corrected chi connectivity index (χ0v) is 11.4. The number of hydrogen-bond donors (Lipinski definition) is 1. The van der Waals surface area contributed by atoms with E-state index in [2.05, 4.69) is 35.4 Å². The summed E-state index contributed by atoms with van der Waals surface area (Å²) in [5.74, 6) is 0.663. The van der Waals surface area contributed by atoms with Gasteiger partial charge in [0.1, 0.15) is 11.9 Å². The Morgan fingerprint density at radius 3 is 2.53 bits per heavy atom. The molecule has 2 aromatic rings. The van der Waals surface area contributed by atoms with Crippen molar-refractivity contribution in [1.82, 2.24) is 4.98 Å². The van der Waals surface area contributed by atoms with Crippen molar-refractivity contribution in [1.29, 1.82) is 5.26 Å². The molecule has 2 rings (SSSR count). The number of benzene rings is 1.